The van der Waals surface area contributed by atoms with Gasteiger partial charge in [0.25, 0.3) is 0 Å². The van der Waals surface area contributed by atoms with Gasteiger partial charge in [-0.1, -0.05) is 11.6 Å². The first-order chi connectivity index (χ1) is 10.1. The van der Waals surface area contributed by atoms with Crippen LogP contribution in [0.15, 0.2) is 18.2 Å². The minimum absolute atomic E-state index is 0.219. The number of piperidine rings is 2. The molecule has 2 aliphatic rings. The van der Waals surface area contributed by atoms with Crippen molar-refractivity contribution in [2.24, 2.45) is 5.92 Å². The van der Waals surface area contributed by atoms with E-state index in [0.29, 0.717) is 10.8 Å². The van der Waals surface area contributed by atoms with Crippen LogP contribution in [0.5, 0.6) is 5.75 Å². The van der Waals surface area contributed by atoms with Crippen LogP contribution in [0.3, 0.4) is 0 Å². The predicted molar refractivity (Wildman–Crippen MR) is 86.9 cm³/mol. The summed E-state index contributed by atoms with van der Waals surface area (Å²) in [5.41, 5.74) is 0.949. The van der Waals surface area contributed by atoms with E-state index >= 15 is 0 Å². The summed E-state index contributed by atoms with van der Waals surface area (Å²) in [5.74, 6) is 1.12. The van der Waals surface area contributed by atoms with Gasteiger partial charge in [0, 0.05) is 35.8 Å². The summed E-state index contributed by atoms with van der Waals surface area (Å²) in [6.07, 6.45) is 3.87. The Balaban J connectivity index is 1.74. The van der Waals surface area contributed by atoms with Gasteiger partial charge in [-0.3, -0.25) is 4.90 Å². The molecule has 0 radical (unpaired) electrons. The third-order valence-electron chi connectivity index (χ3n) is 5.36. The number of phenolic OH excluding ortho intramolecular Hbond substituents is 1. The summed E-state index contributed by atoms with van der Waals surface area (Å²) < 4.78 is 0. The number of benzene rings is 1. The largest absolute Gasteiger partial charge is 0.508 e. The molecule has 2 aliphatic heterocycles. The molecule has 1 N–H and O–H groups in total. The molecule has 2 saturated heterocycles. The third-order valence-corrected chi connectivity index (χ3v) is 5.60. The van der Waals surface area contributed by atoms with E-state index in [1.165, 1.54) is 25.8 Å². The average Bonchev–Trinajstić information content (AvgIpc) is 2.49. The van der Waals surface area contributed by atoms with Crippen molar-refractivity contribution in [1.29, 1.82) is 0 Å². The molecule has 2 heterocycles. The van der Waals surface area contributed by atoms with Gasteiger partial charge in [-0.15, -0.1) is 0 Å². The number of hydrogen-bond acceptors (Lipinski definition) is 3. The lowest BCUT2D eigenvalue weighted by molar-refractivity contribution is 0.0225. The van der Waals surface area contributed by atoms with Crippen LogP contribution in [0.4, 0.5) is 0 Å². The van der Waals surface area contributed by atoms with Gasteiger partial charge in [-0.25, -0.2) is 0 Å². The van der Waals surface area contributed by atoms with Gasteiger partial charge in [-0.2, -0.15) is 0 Å². The first kappa shape index (κ1) is 15.1. The molecule has 0 saturated carbocycles. The molecule has 0 amide bonds. The van der Waals surface area contributed by atoms with Crippen LogP contribution in [0.2, 0.25) is 5.02 Å². The van der Waals surface area contributed by atoms with Crippen LogP contribution < -0.4 is 0 Å². The summed E-state index contributed by atoms with van der Waals surface area (Å²) in [7, 11) is 2.26. The number of fused-ring (bicyclic) bond motifs is 1. The molecular weight excluding hydrogens is 284 g/mol. The second-order valence-corrected chi connectivity index (χ2v) is 7.05. The van der Waals surface area contributed by atoms with Crippen molar-refractivity contribution < 1.29 is 5.11 Å². The molecule has 21 heavy (non-hydrogen) atoms. The first-order valence-corrected chi connectivity index (χ1v) is 8.36. The molecule has 4 heteroatoms. The Morgan fingerprint density at radius 2 is 2.10 bits per heavy atom. The summed E-state index contributed by atoms with van der Waals surface area (Å²) in [5, 5.41) is 10.8. The van der Waals surface area contributed by atoms with E-state index in [4.69, 9.17) is 11.6 Å². The van der Waals surface area contributed by atoms with Gasteiger partial charge in [0.1, 0.15) is 5.75 Å². The smallest absolute Gasteiger partial charge is 0.120 e. The fourth-order valence-electron chi connectivity index (χ4n) is 4.09. The Morgan fingerprint density at radius 3 is 2.90 bits per heavy atom. The zero-order valence-electron chi connectivity index (χ0n) is 12.9. The van der Waals surface area contributed by atoms with E-state index in [1.807, 2.05) is 6.07 Å². The number of phenols is 1. The normalized spacial score (nSPS) is 29.1. The van der Waals surface area contributed by atoms with Gasteiger partial charge < -0.3 is 10.0 Å². The molecule has 3 unspecified atom stereocenters. The zero-order chi connectivity index (χ0) is 15.0. The molecular formula is C17H25ClN2O. The highest BCUT2D eigenvalue weighted by molar-refractivity contribution is 6.30. The molecule has 0 bridgehead atoms. The van der Waals surface area contributed by atoms with E-state index in [2.05, 4.69) is 23.8 Å². The molecule has 0 aromatic heterocycles. The van der Waals surface area contributed by atoms with Crippen molar-refractivity contribution in [2.45, 2.75) is 38.3 Å². The number of rotatable bonds is 2. The SMILES string of the molecule is CC(c1cc(Cl)ccc1O)N1CCC2C(CCCN2C)C1. The van der Waals surface area contributed by atoms with Crippen molar-refractivity contribution in [3.63, 3.8) is 0 Å². The summed E-state index contributed by atoms with van der Waals surface area (Å²) in [6.45, 7) is 5.64. The van der Waals surface area contributed by atoms with E-state index in [9.17, 15) is 5.11 Å². The molecule has 0 spiro atoms. The summed E-state index contributed by atoms with van der Waals surface area (Å²) >= 11 is 6.09. The first-order valence-electron chi connectivity index (χ1n) is 7.99. The van der Waals surface area contributed by atoms with E-state index in [1.54, 1.807) is 12.1 Å². The van der Waals surface area contributed by atoms with Crippen LogP contribution in [-0.4, -0.2) is 47.6 Å². The lowest BCUT2D eigenvalue weighted by Crippen LogP contribution is -2.53. The molecule has 3 nitrogen and oxygen atoms in total. The van der Waals surface area contributed by atoms with Crippen LogP contribution in [0.1, 0.15) is 37.8 Å². The Labute approximate surface area is 132 Å². The monoisotopic (exact) mass is 308 g/mol. The van der Waals surface area contributed by atoms with E-state index < -0.39 is 0 Å². The molecule has 116 valence electrons. The molecule has 3 rings (SSSR count). The Bertz CT molecular complexity index is 508. The van der Waals surface area contributed by atoms with Crippen molar-refractivity contribution in [2.75, 3.05) is 26.7 Å². The van der Waals surface area contributed by atoms with Crippen LogP contribution >= 0.6 is 11.6 Å². The standard InChI is InChI=1S/C17H25ClN2O/c1-12(15-10-14(18)5-6-17(15)21)20-9-7-16-13(11-20)4-3-8-19(16)2/h5-6,10,12-13,16,21H,3-4,7-9,11H2,1-2H3. The van der Waals surface area contributed by atoms with E-state index in [0.717, 1.165) is 30.6 Å². The van der Waals surface area contributed by atoms with Gasteiger partial charge in [0.15, 0.2) is 0 Å². The maximum atomic E-state index is 10.1. The highest BCUT2D eigenvalue weighted by Crippen LogP contribution is 2.36. The van der Waals surface area contributed by atoms with Crippen LogP contribution in [0.25, 0.3) is 0 Å². The summed E-state index contributed by atoms with van der Waals surface area (Å²) in [6, 6.07) is 6.32. The Hall–Kier alpha value is -0.770. The second-order valence-electron chi connectivity index (χ2n) is 6.61. The van der Waals surface area contributed by atoms with Crippen LogP contribution in [-0.2, 0) is 0 Å². The highest BCUT2D eigenvalue weighted by Gasteiger charge is 2.36. The molecule has 2 fully saturated rings. The van der Waals surface area contributed by atoms with Crippen molar-refractivity contribution in [3.05, 3.63) is 28.8 Å². The minimum Gasteiger partial charge on any atom is -0.508 e. The zero-order valence-corrected chi connectivity index (χ0v) is 13.7. The topological polar surface area (TPSA) is 26.7 Å². The van der Waals surface area contributed by atoms with Crippen molar-refractivity contribution >= 4 is 11.6 Å². The van der Waals surface area contributed by atoms with Crippen molar-refractivity contribution in [3.8, 4) is 5.75 Å². The summed E-state index contributed by atoms with van der Waals surface area (Å²) in [4.78, 5) is 5.04. The maximum Gasteiger partial charge on any atom is 0.120 e. The quantitative estimate of drug-likeness (QED) is 0.905. The predicted octanol–water partition coefficient (Wildman–Crippen LogP) is 3.52. The second kappa shape index (κ2) is 6.15. The molecule has 1 aromatic carbocycles. The van der Waals surface area contributed by atoms with Gasteiger partial charge in [-0.05, 0) is 63.9 Å². The molecule has 1 aromatic rings. The minimum atomic E-state index is 0.219. The van der Waals surface area contributed by atoms with Gasteiger partial charge in [0.2, 0.25) is 0 Å². The van der Waals surface area contributed by atoms with Gasteiger partial charge >= 0.3 is 0 Å². The van der Waals surface area contributed by atoms with Gasteiger partial charge in [0.05, 0.1) is 0 Å². The number of nitrogens with zero attached hydrogens (tertiary/aromatic N) is 2. The van der Waals surface area contributed by atoms with Crippen LogP contribution in [0, 0.1) is 5.92 Å². The fraction of sp³-hybridized carbons (Fsp3) is 0.647. The highest BCUT2D eigenvalue weighted by atomic mass is 35.5. The number of hydrogen-bond donors (Lipinski definition) is 1. The lowest BCUT2D eigenvalue weighted by Gasteiger charge is -2.47. The number of halogens is 1. The van der Waals surface area contributed by atoms with E-state index in [-0.39, 0.29) is 6.04 Å². The molecule has 3 atom stereocenters. The fourth-order valence-corrected chi connectivity index (χ4v) is 4.27. The molecule has 0 aliphatic carbocycles. The number of likely N-dealkylation sites (tertiary alicyclic amines) is 2. The third kappa shape index (κ3) is 3.05. The number of aromatic hydroxyl groups is 1. The Morgan fingerprint density at radius 1 is 1.29 bits per heavy atom. The maximum absolute atomic E-state index is 10.1. The lowest BCUT2D eigenvalue weighted by atomic mass is 9.83. The average molecular weight is 309 g/mol. The van der Waals surface area contributed by atoms with Crippen molar-refractivity contribution in [1.82, 2.24) is 9.80 Å². The Kier molecular flexibility index (Phi) is 4.43.